The summed E-state index contributed by atoms with van der Waals surface area (Å²) in [4.78, 5) is 69.7. The lowest BCUT2D eigenvalue weighted by atomic mass is 10.0. The fraction of sp³-hybridized carbons (Fsp3) is 0.565. The summed E-state index contributed by atoms with van der Waals surface area (Å²) in [5.74, 6) is -3.75. The van der Waals surface area contributed by atoms with Crippen molar-refractivity contribution in [2.75, 3.05) is 13.6 Å². The number of nitrogens with one attached hydrogen (secondary N) is 3. The number of carbonyl (C=O) groups is 4. The van der Waals surface area contributed by atoms with Gasteiger partial charge in [0.1, 0.15) is 31.0 Å². The van der Waals surface area contributed by atoms with Crippen molar-refractivity contribution in [3.8, 4) is 0 Å². The van der Waals surface area contributed by atoms with Crippen LogP contribution in [0.3, 0.4) is 0 Å². The first-order valence-corrected chi connectivity index (χ1v) is 13.3. The molecule has 1 aromatic rings. The molecule has 0 aliphatic rings. The van der Waals surface area contributed by atoms with E-state index in [0.29, 0.717) is 6.42 Å². The van der Waals surface area contributed by atoms with Crippen LogP contribution in [0.4, 0.5) is 4.79 Å². The number of hydrogen-bond donors (Lipinski definition) is 5. The van der Waals surface area contributed by atoms with E-state index in [1.54, 1.807) is 32.9 Å². The molecule has 0 fully saturated rings. The van der Waals surface area contributed by atoms with E-state index in [1.165, 1.54) is 14.0 Å². The van der Waals surface area contributed by atoms with Crippen LogP contribution in [-0.2, 0) is 30.3 Å². The van der Waals surface area contributed by atoms with Crippen molar-refractivity contribution in [2.24, 2.45) is 5.92 Å². The summed E-state index contributed by atoms with van der Waals surface area (Å²) < 4.78 is 16.5. The molecule has 1 aromatic carbocycles. The number of rotatable bonds is 13. The Morgan fingerprint density at radius 2 is 1.61 bits per heavy atom. The number of likely N-dealkylation sites (N-methyl/N-ethyl adjacent to an activating group) is 1. The zero-order valence-electron chi connectivity index (χ0n) is 21.3. The molecule has 3 atom stereocenters. The lowest BCUT2D eigenvalue weighted by Gasteiger charge is -2.26. The minimum absolute atomic E-state index is 0.0458. The molecule has 202 valence electrons. The van der Waals surface area contributed by atoms with Crippen molar-refractivity contribution in [1.29, 1.82) is 0 Å². The molecule has 0 saturated carbocycles. The largest absolute Gasteiger partial charge is 0.445 e. The third-order valence-electron chi connectivity index (χ3n) is 5.23. The van der Waals surface area contributed by atoms with Gasteiger partial charge in [-0.1, -0.05) is 57.5 Å². The average Bonchev–Trinajstić information content (AvgIpc) is 2.80. The molecule has 0 bridgehead atoms. The van der Waals surface area contributed by atoms with Crippen molar-refractivity contribution < 1.29 is 38.3 Å². The number of amides is 4. The Morgan fingerprint density at radius 3 is 2.14 bits per heavy atom. The summed E-state index contributed by atoms with van der Waals surface area (Å²) in [6.45, 7) is 6.04. The number of nitrogens with zero attached hydrogens (tertiary/aromatic N) is 1. The van der Waals surface area contributed by atoms with Crippen LogP contribution in [0.2, 0.25) is 0 Å². The summed E-state index contributed by atoms with van der Waals surface area (Å²) in [5.41, 5.74) is 0.793. The quantitative estimate of drug-likeness (QED) is 0.238. The molecule has 0 spiro atoms. The molecule has 13 heteroatoms. The zero-order valence-corrected chi connectivity index (χ0v) is 22.2. The normalized spacial score (nSPS) is 13.8. The number of benzene rings is 1. The molecular weight excluding hydrogens is 491 g/mol. The lowest BCUT2D eigenvalue weighted by Crippen LogP contribution is -2.57. The van der Waals surface area contributed by atoms with Crippen molar-refractivity contribution in [1.82, 2.24) is 20.9 Å². The highest BCUT2D eigenvalue weighted by molar-refractivity contribution is 7.52. The summed E-state index contributed by atoms with van der Waals surface area (Å²) in [7, 11) is -3.16. The molecule has 0 aliphatic carbocycles. The van der Waals surface area contributed by atoms with Crippen molar-refractivity contribution in [3.05, 3.63) is 35.9 Å². The van der Waals surface area contributed by atoms with Gasteiger partial charge < -0.3 is 35.4 Å². The standard InChI is InChI=1S/C23H37N4O8P/c1-6-10-18(21(29)24-16(4)36(32,33)34)25-22(30)20(15(2)3)26-19(28)13-27(5)23(31)35-14-17-11-8-7-9-12-17/h7-9,11-12,15-16,18,20H,6,10,13-14H2,1-5H3,(H,24,29)(H,25,30)(H,26,28)(H2,32,33,34)/t16-,18+,20+/m1/s1. The molecule has 0 heterocycles. The highest BCUT2D eigenvalue weighted by Crippen LogP contribution is 2.39. The van der Waals surface area contributed by atoms with Gasteiger partial charge in [0.15, 0.2) is 0 Å². The first-order valence-electron chi connectivity index (χ1n) is 11.6. The summed E-state index contributed by atoms with van der Waals surface area (Å²) in [6, 6.07) is 6.98. The van der Waals surface area contributed by atoms with Gasteiger partial charge in [-0.05, 0) is 24.8 Å². The fourth-order valence-corrected chi connectivity index (χ4v) is 3.37. The summed E-state index contributed by atoms with van der Waals surface area (Å²) >= 11 is 0. The van der Waals surface area contributed by atoms with Gasteiger partial charge in [-0.2, -0.15) is 0 Å². The van der Waals surface area contributed by atoms with E-state index >= 15 is 0 Å². The van der Waals surface area contributed by atoms with Crippen LogP contribution in [0.5, 0.6) is 0 Å². The molecule has 4 amide bonds. The molecule has 36 heavy (non-hydrogen) atoms. The first kappa shape index (κ1) is 31.1. The second-order valence-electron chi connectivity index (χ2n) is 8.81. The van der Waals surface area contributed by atoms with Gasteiger partial charge in [0.05, 0.1) is 0 Å². The smallest absolute Gasteiger partial charge is 0.410 e. The Morgan fingerprint density at radius 1 is 1.00 bits per heavy atom. The SMILES string of the molecule is CCC[C@H](NC(=O)[C@@H](NC(=O)CN(C)C(=O)OCc1ccccc1)C(C)C)C(=O)N[C@@H](C)P(=O)(O)O. The Labute approximate surface area is 211 Å². The van der Waals surface area contributed by atoms with Crippen LogP contribution >= 0.6 is 7.60 Å². The van der Waals surface area contributed by atoms with Gasteiger partial charge in [0.2, 0.25) is 17.7 Å². The third-order valence-corrected chi connectivity index (χ3v) is 6.37. The van der Waals surface area contributed by atoms with E-state index < -0.39 is 49.3 Å². The first-order chi connectivity index (χ1) is 16.8. The van der Waals surface area contributed by atoms with E-state index in [0.717, 1.165) is 10.5 Å². The predicted octanol–water partition coefficient (Wildman–Crippen LogP) is 1.32. The number of carbonyl (C=O) groups excluding carboxylic acids is 4. The van der Waals surface area contributed by atoms with E-state index in [9.17, 15) is 33.5 Å². The average molecular weight is 529 g/mol. The van der Waals surface area contributed by atoms with E-state index in [1.807, 2.05) is 18.2 Å². The van der Waals surface area contributed by atoms with Gasteiger partial charge >= 0.3 is 13.7 Å². The predicted molar refractivity (Wildman–Crippen MR) is 133 cm³/mol. The van der Waals surface area contributed by atoms with Crippen LogP contribution in [0.25, 0.3) is 0 Å². The van der Waals surface area contributed by atoms with Crippen molar-refractivity contribution in [2.45, 2.75) is 65.0 Å². The van der Waals surface area contributed by atoms with Gasteiger partial charge in [-0.15, -0.1) is 0 Å². The topological polar surface area (TPSA) is 174 Å². The minimum atomic E-state index is -4.55. The van der Waals surface area contributed by atoms with E-state index in [4.69, 9.17) is 4.74 Å². The van der Waals surface area contributed by atoms with Crippen LogP contribution in [-0.4, -0.2) is 70.0 Å². The monoisotopic (exact) mass is 528 g/mol. The third kappa shape index (κ3) is 10.8. The molecular formula is C23H37N4O8P. The maximum atomic E-state index is 12.9. The molecule has 0 radical (unpaired) electrons. The number of hydrogen-bond acceptors (Lipinski definition) is 6. The molecule has 0 unspecified atom stereocenters. The molecule has 5 N–H and O–H groups in total. The lowest BCUT2D eigenvalue weighted by molar-refractivity contribution is -0.133. The van der Waals surface area contributed by atoms with Crippen molar-refractivity contribution in [3.63, 3.8) is 0 Å². The highest BCUT2D eigenvalue weighted by Gasteiger charge is 2.32. The summed E-state index contributed by atoms with van der Waals surface area (Å²) in [6.07, 6.45) is 0.0238. The van der Waals surface area contributed by atoms with E-state index in [-0.39, 0.29) is 25.5 Å². The Bertz CT molecular complexity index is 937. The minimum Gasteiger partial charge on any atom is -0.445 e. The fourth-order valence-electron chi connectivity index (χ4n) is 3.07. The van der Waals surface area contributed by atoms with Crippen LogP contribution < -0.4 is 16.0 Å². The number of ether oxygens (including phenoxy) is 1. The Kier molecular flexibility index (Phi) is 12.6. The Balaban J connectivity index is 2.72. The zero-order chi connectivity index (χ0) is 27.5. The second kappa shape index (κ2) is 14.6. The van der Waals surface area contributed by atoms with Gasteiger partial charge in [0.25, 0.3) is 0 Å². The summed E-state index contributed by atoms with van der Waals surface area (Å²) in [5, 5.41) is 7.34. The molecule has 0 aromatic heterocycles. The van der Waals surface area contributed by atoms with E-state index in [2.05, 4.69) is 16.0 Å². The van der Waals surface area contributed by atoms with Gasteiger partial charge in [-0.25, -0.2) is 4.79 Å². The maximum Gasteiger partial charge on any atom is 0.410 e. The maximum absolute atomic E-state index is 12.9. The molecule has 1 rings (SSSR count). The molecule has 0 saturated heterocycles. The van der Waals surface area contributed by atoms with Crippen LogP contribution in [0.1, 0.15) is 46.1 Å². The van der Waals surface area contributed by atoms with Gasteiger partial charge in [0, 0.05) is 7.05 Å². The second-order valence-corrected chi connectivity index (χ2v) is 10.8. The molecule has 0 aliphatic heterocycles. The van der Waals surface area contributed by atoms with Crippen LogP contribution in [0, 0.1) is 5.92 Å². The van der Waals surface area contributed by atoms with Crippen molar-refractivity contribution >= 4 is 31.4 Å². The Hall–Kier alpha value is -2.95. The van der Waals surface area contributed by atoms with Gasteiger partial charge in [-0.3, -0.25) is 18.9 Å². The molecule has 12 nitrogen and oxygen atoms in total. The highest BCUT2D eigenvalue weighted by atomic mass is 31.2. The van der Waals surface area contributed by atoms with Crippen LogP contribution in [0.15, 0.2) is 30.3 Å².